The number of likely N-dealkylation sites (tertiary alicyclic amines) is 1. The molecule has 0 radical (unpaired) electrons. The minimum atomic E-state index is -1.86. The van der Waals surface area contributed by atoms with Gasteiger partial charge in [-0.1, -0.05) is 72.8 Å². The first-order chi connectivity index (χ1) is 15.9. The van der Waals surface area contributed by atoms with Crippen LogP contribution < -0.4 is 0 Å². The van der Waals surface area contributed by atoms with E-state index in [1.54, 1.807) is 84.7 Å². The average Bonchev–Trinajstić information content (AvgIpc) is 3.27. The van der Waals surface area contributed by atoms with E-state index in [0.29, 0.717) is 30.6 Å². The highest BCUT2D eigenvalue weighted by molar-refractivity contribution is 5.90. The van der Waals surface area contributed by atoms with E-state index >= 15 is 0 Å². The minimum absolute atomic E-state index is 0.146. The predicted octanol–water partition coefficient (Wildman–Crippen LogP) is 2.89. The van der Waals surface area contributed by atoms with Crippen LogP contribution in [-0.4, -0.2) is 63.8 Å². The number of phenolic OH excluding ortho intramolecular Hbond substituents is 1. The molecule has 0 saturated carbocycles. The zero-order chi connectivity index (χ0) is 23.4. The Kier molecular flexibility index (Phi) is 6.79. The topological polar surface area (TPSA) is 84.2 Å². The monoisotopic (exact) mass is 446 g/mol. The van der Waals surface area contributed by atoms with Crippen molar-refractivity contribution in [3.8, 4) is 5.75 Å². The highest BCUT2D eigenvalue weighted by atomic mass is 16.3. The molecule has 0 spiro atoms. The van der Waals surface area contributed by atoms with E-state index in [-0.39, 0.29) is 17.9 Å². The van der Waals surface area contributed by atoms with Gasteiger partial charge in [0, 0.05) is 26.7 Å². The quantitative estimate of drug-likeness (QED) is 0.520. The normalized spacial score (nSPS) is 17.6. The molecule has 33 heavy (non-hydrogen) atoms. The number of β-amino-alcohol motifs (C(OH)–C–C–N with tert-alkyl or cyclic N) is 1. The molecule has 4 rings (SSSR count). The molecule has 3 aromatic rings. The number of aliphatic hydroxyl groups is 2. The van der Waals surface area contributed by atoms with Crippen LogP contribution in [0.2, 0.25) is 0 Å². The van der Waals surface area contributed by atoms with Crippen LogP contribution in [0.3, 0.4) is 0 Å². The summed E-state index contributed by atoms with van der Waals surface area (Å²) in [5, 5.41) is 31.7. The van der Waals surface area contributed by atoms with E-state index < -0.39 is 11.5 Å². The number of amides is 1. The van der Waals surface area contributed by atoms with Crippen LogP contribution in [-0.2, 0) is 10.4 Å². The van der Waals surface area contributed by atoms with E-state index in [1.165, 1.54) is 0 Å². The number of nitrogens with zero attached hydrogens (tertiary/aromatic N) is 2. The highest BCUT2D eigenvalue weighted by Crippen LogP contribution is 2.35. The summed E-state index contributed by atoms with van der Waals surface area (Å²) in [5.41, 5.74) is -0.0338. The van der Waals surface area contributed by atoms with Gasteiger partial charge in [-0.3, -0.25) is 9.69 Å². The van der Waals surface area contributed by atoms with E-state index in [4.69, 9.17) is 0 Å². The van der Waals surface area contributed by atoms with Crippen LogP contribution >= 0.6 is 0 Å². The van der Waals surface area contributed by atoms with Gasteiger partial charge in [0.15, 0.2) is 5.60 Å². The number of carbonyl (C=O) groups excluding carboxylic acids is 1. The maximum Gasteiger partial charge on any atom is 0.264 e. The Balaban J connectivity index is 1.73. The predicted molar refractivity (Wildman–Crippen MR) is 127 cm³/mol. The first-order valence-electron chi connectivity index (χ1n) is 11.2. The number of hydrogen-bond acceptors (Lipinski definition) is 5. The summed E-state index contributed by atoms with van der Waals surface area (Å²) < 4.78 is 0. The Morgan fingerprint density at radius 1 is 1.00 bits per heavy atom. The van der Waals surface area contributed by atoms with E-state index in [1.807, 2.05) is 12.1 Å². The molecule has 0 aliphatic carbocycles. The molecule has 1 unspecified atom stereocenters. The van der Waals surface area contributed by atoms with Crippen LogP contribution in [0.15, 0.2) is 84.9 Å². The Bertz CT molecular complexity index is 1020. The molecule has 0 aromatic heterocycles. The van der Waals surface area contributed by atoms with Crippen LogP contribution in [0, 0.1) is 0 Å². The molecule has 1 saturated heterocycles. The van der Waals surface area contributed by atoms with Crippen molar-refractivity contribution in [2.45, 2.75) is 24.2 Å². The van der Waals surface area contributed by atoms with Gasteiger partial charge in [-0.05, 0) is 35.2 Å². The molecular formula is C27H30N2O4. The third kappa shape index (κ3) is 4.78. The molecule has 6 heteroatoms. The summed E-state index contributed by atoms with van der Waals surface area (Å²) in [6.45, 7) is 1.78. The first-order valence-corrected chi connectivity index (χ1v) is 11.2. The Labute approximate surface area is 194 Å². The maximum absolute atomic E-state index is 14.0. The number of benzene rings is 3. The molecule has 0 bridgehead atoms. The van der Waals surface area contributed by atoms with Crippen molar-refractivity contribution in [3.63, 3.8) is 0 Å². The van der Waals surface area contributed by atoms with Crippen LogP contribution in [0.5, 0.6) is 5.75 Å². The molecule has 6 nitrogen and oxygen atoms in total. The Morgan fingerprint density at radius 3 is 2.03 bits per heavy atom. The second-order valence-corrected chi connectivity index (χ2v) is 8.67. The number of hydrogen-bond donors (Lipinski definition) is 3. The molecule has 3 aromatic carbocycles. The van der Waals surface area contributed by atoms with Gasteiger partial charge in [0.1, 0.15) is 5.75 Å². The second-order valence-electron chi connectivity index (χ2n) is 8.67. The lowest BCUT2D eigenvalue weighted by Crippen LogP contribution is -2.49. The van der Waals surface area contributed by atoms with E-state index in [0.717, 1.165) is 12.1 Å². The van der Waals surface area contributed by atoms with Crippen molar-refractivity contribution in [1.82, 2.24) is 9.80 Å². The van der Waals surface area contributed by atoms with Gasteiger partial charge in [-0.2, -0.15) is 0 Å². The summed E-state index contributed by atoms with van der Waals surface area (Å²) in [5.74, 6) is -0.300. The summed E-state index contributed by atoms with van der Waals surface area (Å²) in [7, 11) is 1.70. The lowest BCUT2D eigenvalue weighted by atomic mass is 9.84. The SMILES string of the molecule is CN(C(=O)C(O)(c1ccccc1)c1ccccc1)[C@H](CN1CCC(O)C1)c1ccc(O)cc1. The molecular weight excluding hydrogens is 416 g/mol. The van der Waals surface area contributed by atoms with Gasteiger partial charge in [0.25, 0.3) is 5.91 Å². The van der Waals surface area contributed by atoms with Crippen molar-refractivity contribution < 1.29 is 20.1 Å². The summed E-state index contributed by atoms with van der Waals surface area (Å²) in [6, 6.07) is 24.3. The maximum atomic E-state index is 14.0. The van der Waals surface area contributed by atoms with Crippen LogP contribution in [0.1, 0.15) is 29.2 Å². The molecule has 1 aliphatic rings. The van der Waals surface area contributed by atoms with Crippen molar-refractivity contribution in [3.05, 3.63) is 102 Å². The van der Waals surface area contributed by atoms with Crippen molar-refractivity contribution >= 4 is 5.91 Å². The van der Waals surface area contributed by atoms with E-state index in [2.05, 4.69) is 4.90 Å². The van der Waals surface area contributed by atoms with Crippen LogP contribution in [0.4, 0.5) is 0 Å². The Morgan fingerprint density at radius 2 is 1.55 bits per heavy atom. The van der Waals surface area contributed by atoms with Crippen molar-refractivity contribution in [1.29, 1.82) is 0 Å². The van der Waals surface area contributed by atoms with Gasteiger partial charge in [-0.25, -0.2) is 0 Å². The fraction of sp³-hybridized carbons (Fsp3) is 0.296. The Hall–Kier alpha value is -3.19. The van der Waals surface area contributed by atoms with Crippen molar-refractivity contribution in [2.24, 2.45) is 0 Å². The van der Waals surface area contributed by atoms with Gasteiger partial charge in [0.05, 0.1) is 12.1 Å². The third-order valence-electron chi connectivity index (χ3n) is 6.44. The third-order valence-corrected chi connectivity index (χ3v) is 6.44. The van der Waals surface area contributed by atoms with Gasteiger partial charge < -0.3 is 20.2 Å². The van der Waals surface area contributed by atoms with Crippen LogP contribution in [0.25, 0.3) is 0 Å². The lowest BCUT2D eigenvalue weighted by Gasteiger charge is -2.38. The fourth-order valence-corrected chi connectivity index (χ4v) is 4.54. The zero-order valence-electron chi connectivity index (χ0n) is 18.7. The highest BCUT2D eigenvalue weighted by Gasteiger charge is 2.44. The number of likely N-dealkylation sites (N-methyl/N-ethyl adjacent to an activating group) is 1. The summed E-state index contributed by atoms with van der Waals surface area (Å²) in [4.78, 5) is 17.7. The average molecular weight is 447 g/mol. The van der Waals surface area contributed by atoms with Gasteiger partial charge >= 0.3 is 0 Å². The van der Waals surface area contributed by atoms with Gasteiger partial charge in [-0.15, -0.1) is 0 Å². The smallest absolute Gasteiger partial charge is 0.264 e. The van der Waals surface area contributed by atoms with Crippen molar-refractivity contribution in [2.75, 3.05) is 26.7 Å². The number of rotatable bonds is 7. The molecule has 1 amide bonds. The molecule has 3 N–H and O–H groups in total. The minimum Gasteiger partial charge on any atom is -0.508 e. The molecule has 172 valence electrons. The molecule has 2 atom stereocenters. The van der Waals surface area contributed by atoms with E-state index in [9.17, 15) is 20.1 Å². The number of carbonyl (C=O) groups is 1. The largest absolute Gasteiger partial charge is 0.508 e. The number of aliphatic hydroxyl groups excluding tert-OH is 1. The fourth-order valence-electron chi connectivity index (χ4n) is 4.54. The molecule has 1 heterocycles. The zero-order valence-corrected chi connectivity index (χ0v) is 18.7. The summed E-state index contributed by atoms with van der Waals surface area (Å²) >= 11 is 0. The molecule has 1 aliphatic heterocycles. The molecule has 1 fully saturated rings. The number of aromatic hydroxyl groups is 1. The number of phenols is 1. The summed E-state index contributed by atoms with van der Waals surface area (Å²) in [6.07, 6.45) is 0.315. The second kappa shape index (κ2) is 9.75. The standard InChI is InChI=1S/C27H30N2O4/c1-28(25(19-29-17-16-24(31)18-29)20-12-14-23(30)15-13-20)26(32)27(33,21-8-4-2-5-9-21)22-10-6-3-7-11-22/h2-15,24-25,30-31,33H,16-19H2,1H3/t24?,25-/m1/s1. The van der Waals surface area contributed by atoms with Gasteiger partial charge in [0.2, 0.25) is 0 Å². The first kappa shape index (κ1) is 23.0. The lowest BCUT2D eigenvalue weighted by molar-refractivity contribution is -0.149.